The van der Waals surface area contributed by atoms with E-state index < -0.39 is 17.7 Å². The Morgan fingerprint density at radius 1 is 1.18 bits per heavy atom. The SMILES string of the molecule is COC(=O)C(OC(C)(C)C)c1c(C)nc2cc(-c3cccc(Cl)c3)nn2c1C1CCCCC1. The Bertz CT molecular complexity index is 1160. The standard InChI is InChI=1S/C26H32ClN3O3/c1-16-22(24(25(31)32-5)33-26(2,3)4)23(17-10-7-6-8-11-17)30-21(28-16)15-20(29-30)18-12-9-13-19(27)14-18/h9,12-15,17,24H,6-8,10-11H2,1-5H3. The summed E-state index contributed by atoms with van der Waals surface area (Å²) in [5.74, 6) is -0.158. The zero-order valence-corrected chi connectivity index (χ0v) is 20.8. The van der Waals surface area contributed by atoms with Gasteiger partial charge >= 0.3 is 5.97 Å². The van der Waals surface area contributed by atoms with Crippen LogP contribution in [0.4, 0.5) is 0 Å². The maximum absolute atomic E-state index is 13.0. The Morgan fingerprint density at radius 3 is 2.55 bits per heavy atom. The van der Waals surface area contributed by atoms with Crippen LogP contribution in [0, 0.1) is 6.92 Å². The number of nitrogens with zero attached hydrogens (tertiary/aromatic N) is 3. The van der Waals surface area contributed by atoms with Gasteiger partial charge in [0, 0.05) is 33.8 Å². The summed E-state index contributed by atoms with van der Waals surface area (Å²) in [5, 5.41) is 5.61. The van der Waals surface area contributed by atoms with E-state index >= 15 is 0 Å². The topological polar surface area (TPSA) is 65.7 Å². The summed E-state index contributed by atoms with van der Waals surface area (Å²) >= 11 is 6.23. The van der Waals surface area contributed by atoms with Gasteiger partial charge in [0.1, 0.15) is 0 Å². The third-order valence-electron chi connectivity index (χ3n) is 6.13. The molecule has 1 saturated carbocycles. The Labute approximate surface area is 200 Å². The molecule has 33 heavy (non-hydrogen) atoms. The fourth-order valence-electron chi connectivity index (χ4n) is 4.73. The van der Waals surface area contributed by atoms with E-state index in [2.05, 4.69) is 0 Å². The first kappa shape index (κ1) is 23.7. The summed E-state index contributed by atoms with van der Waals surface area (Å²) in [6, 6.07) is 9.63. The molecule has 176 valence electrons. The molecule has 1 fully saturated rings. The van der Waals surface area contributed by atoms with Gasteiger partial charge in [0.15, 0.2) is 11.8 Å². The average Bonchev–Trinajstić information content (AvgIpc) is 3.20. The molecule has 0 radical (unpaired) electrons. The molecule has 0 amide bonds. The Kier molecular flexibility index (Phi) is 6.78. The van der Waals surface area contributed by atoms with Crippen LogP contribution in [-0.2, 0) is 14.3 Å². The fourth-order valence-corrected chi connectivity index (χ4v) is 4.92. The van der Waals surface area contributed by atoms with Gasteiger partial charge in [-0.3, -0.25) is 0 Å². The second kappa shape index (κ2) is 9.43. The minimum atomic E-state index is -0.873. The van der Waals surface area contributed by atoms with Gasteiger partial charge in [0.05, 0.1) is 24.1 Å². The summed E-state index contributed by atoms with van der Waals surface area (Å²) in [6.45, 7) is 7.76. The van der Waals surface area contributed by atoms with Crippen LogP contribution in [0.2, 0.25) is 5.02 Å². The maximum Gasteiger partial charge on any atom is 0.339 e. The van der Waals surface area contributed by atoms with Crippen LogP contribution in [0.25, 0.3) is 16.9 Å². The molecule has 7 heteroatoms. The molecule has 0 spiro atoms. The van der Waals surface area contributed by atoms with Gasteiger partial charge in [-0.05, 0) is 52.7 Å². The Balaban J connectivity index is 1.96. The maximum atomic E-state index is 13.0. The predicted octanol–water partition coefficient (Wildman–Crippen LogP) is 6.44. The van der Waals surface area contributed by atoms with Crippen molar-refractivity contribution in [1.29, 1.82) is 0 Å². The molecular weight excluding hydrogens is 438 g/mol. The van der Waals surface area contributed by atoms with Crippen LogP contribution in [0.1, 0.15) is 81.8 Å². The highest BCUT2D eigenvalue weighted by atomic mass is 35.5. The van der Waals surface area contributed by atoms with Crippen molar-refractivity contribution in [2.24, 2.45) is 0 Å². The highest BCUT2D eigenvalue weighted by Gasteiger charge is 2.36. The lowest BCUT2D eigenvalue weighted by atomic mass is 9.83. The Morgan fingerprint density at radius 2 is 1.91 bits per heavy atom. The number of halogens is 1. The second-order valence-electron chi connectivity index (χ2n) is 9.77. The van der Waals surface area contributed by atoms with E-state index in [1.165, 1.54) is 13.5 Å². The Hall–Kier alpha value is -2.44. The number of esters is 1. The van der Waals surface area contributed by atoms with Crippen molar-refractivity contribution in [3.05, 3.63) is 52.3 Å². The monoisotopic (exact) mass is 469 g/mol. The number of aromatic nitrogens is 3. The molecule has 4 rings (SSSR count). The van der Waals surface area contributed by atoms with Gasteiger partial charge in [0.25, 0.3) is 0 Å². The number of carbonyl (C=O) groups excluding carboxylic acids is 1. The molecule has 3 aromatic rings. The molecule has 0 aliphatic heterocycles. The number of methoxy groups -OCH3 is 1. The molecule has 1 aliphatic rings. The number of ether oxygens (including phenoxy) is 2. The normalized spacial score (nSPS) is 16.2. The van der Waals surface area contributed by atoms with E-state index in [-0.39, 0.29) is 5.92 Å². The number of rotatable bonds is 5. The van der Waals surface area contributed by atoms with Crippen molar-refractivity contribution >= 4 is 23.2 Å². The molecule has 6 nitrogen and oxygen atoms in total. The predicted molar refractivity (Wildman–Crippen MR) is 130 cm³/mol. The summed E-state index contributed by atoms with van der Waals surface area (Å²) in [5.41, 5.74) is 4.48. The van der Waals surface area contributed by atoms with E-state index in [4.69, 9.17) is 31.2 Å². The first-order chi connectivity index (χ1) is 15.7. The first-order valence-electron chi connectivity index (χ1n) is 11.6. The van der Waals surface area contributed by atoms with Crippen molar-refractivity contribution < 1.29 is 14.3 Å². The molecule has 0 bridgehead atoms. The van der Waals surface area contributed by atoms with Gasteiger partial charge < -0.3 is 9.47 Å². The van der Waals surface area contributed by atoms with Crippen molar-refractivity contribution in [3.63, 3.8) is 0 Å². The zero-order valence-electron chi connectivity index (χ0n) is 20.0. The molecule has 1 aliphatic carbocycles. The molecule has 1 aromatic carbocycles. The molecule has 2 aromatic heterocycles. The third-order valence-corrected chi connectivity index (χ3v) is 6.36. The lowest BCUT2D eigenvalue weighted by Crippen LogP contribution is -2.31. The van der Waals surface area contributed by atoms with Gasteiger partial charge in [-0.15, -0.1) is 0 Å². The smallest absolute Gasteiger partial charge is 0.339 e. The molecule has 0 N–H and O–H groups in total. The van der Waals surface area contributed by atoms with Gasteiger partial charge in [-0.25, -0.2) is 14.3 Å². The third kappa shape index (κ3) is 5.07. The number of fused-ring (bicyclic) bond motifs is 1. The van der Waals surface area contributed by atoms with Gasteiger partial charge in [-0.1, -0.05) is 43.0 Å². The highest BCUT2D eigenvalue weighted by Crippen LogP contribution is 2.40. The average molecular weight is 470 g/mol. The summed E-state index contributed by atoms with van der Waals surface area (Å²) in [7, 11) is 1.40. The number of benzene rings is 1. The van der Waals surface area contributed by atoms with E-state index in [1.54, 1.807) is 0 Å². The number of carbonyl (C=O) groups is 1. The summed E-state index contributed by atoms with van der Waals surface area (Å²) < 4.78 is 13.4. The molecule has 0 saturated heterocycles. The largest absolute Gasteiger partial charge is 0.467 e. The lowest BCUT2D eigenvalue weighted by Gasteiger charge is -2.31. The lowest BCUT2D eigenvalue weighted by molar-refractivity contribution is -0.164. The zero-order chi connectivity index (χ0) is 23.8. The van der Waals surface area contributed by atoms with E-state index in [0.717, 1.165) is 59.5 Å². The number of aryl methyl sites for hydroxylation is 1. The minimum absolute atomic E-state index is 0.265. The minimum Gasteiger partial charge on any atom is -0.467 e. The number of hydrogen-bond acceptors (Lipinski definition) is 5. The van der Waals surface area contributed by atoms with E-state index in [9.17, 15) is 4.79 Å². The van der Waals surface area contributed by atoms with Crippen LogP contribution in [0.3, 0.4) is 0 Å². The van der Waals surface area contributed by atoms with Crippen LogP contribution in [-0.4, -0.2) is 33.3 Å². The summed E-state index contributed by atoms with van der Waals surface area (Å²) in [6.07, 6.45) is 4.74. The van der Waals surface area contributed by atoms with Crippen LogP contribution < -0.4 is 0 Å². The van der Waals surface area contributed by atoms with Crippen molar-refractivity contribution in [1.82, 2.24) is 14.6 Å². The van der Waals surface area contributed by atoms with Crippen molar-refractivity contribution in [2.75, 3.05) is 7.11 Å². The van der Waals surface area contributed by atoms with Gasteiger partial charge in [-0.2, -0.15) is 5.10 Å². The molecule has 2 heterocycles. The van der Waals surface area contributed by atoms with E-state index in [0.29, 0.717) is 5.02 Å². The van der Waals surface area contributed by atoms with Gasteiger partial charge in [0.2, 0.25) is 0 Å². The molecule has 1 unspecified atom stereocenters. The fraction of sp³-hybridized carbons (Fsp3) is 0.500. The quantitative estimate of drug-likeness (QED) is 0.402. The first-order valence-corrected chi connectivity index (χ1v) is 12.0. The highest BCUT2D eigenvalue weighted by molar-refractivity contribution is 6.30. The van der Waals surface area contributed by atoms with E-state index in [1.807, 2.05) is 62.5 Å². The van der Waals surface area contributed by atoms with Crippen LogP contribution >= 0.6 is 11.6 Å². The van der Waals surface area contributed by atoms with Crippen LogP contribution in [0.15, 0.2) is 30.3 Å². The summed E-state index contributed by atoms with van der Waals surface area (Å²) in [4.78, 5) is 17.8. The van der Waals surface area contributed by atoms with Crippen molar-refractivity contribution in [2.45, 2.75) is 77.4 Å². The number of hydrogen-bond donors (Lipinski definition) is 0. The molecular formula is C26H32ClN3O3. The van der Waals surface area contributed by atoms with Crippen molar-refractivity contribution in [3.8, 4) is 11.3 Å². The molecule has 1 atom stereocenters. The van der Waals surface area contributed by atoms with Crippen LogP contribution in [0.5, 0.6) is 0 Å². The second-order valence-corrected chi connectivity index (χ2v) is 10.2.